The number of aryl methyl sites for hydroxylation is 1. The molecular weight excluding hydrogens is 340 g/mol. The van der Waals surface area contributed by atoms with E-state index in [9.17, 15) is 14.9 Å². The van der Waals surface area contributed by atoms with E-state index >= 15 is 0 Å². The Morgan fingerprint density at radius 3 is 2.87 bits per heavy atom. The van der Waals surface area contributed by atoms with Crippen molar-refractivity contribution in [3.63, 3.8) is 0 Å². The van der Waals surface area contributed by atoms with E-state index in [-0.39, 0.29) is 23.0 Å². The van der Waals surface area contributed by atoms with Gasteiger partial charge >= 0.3 is 0 Å². The number of thiazole rings is 1. The van der Waals surface area contributed by atoms with Crippen LogP contribution < -0.4 is 5.43 Å². The zero-order chi connectivity index (χ0) is 17.0. The molecule has 0 fully saturated rings. The van der Waals surface area contributed by atoms with Crippen molar-refractivity contribution >= 4 is 40.2 Å². The van der Waals surface area contributed by atoms with Crippen LogP contribution in [-0.4, -0.2) is 21.5 Å². The van der Waals surface area contributed by atoms with Gasteiger partial charge in [0.25, 0.3) is 5.69 Å². The lowest BCUT2D eigenvalue weighted by molar-refractivity contribution is -0.384. The second kappa shape index (κ2) is 7.30. The number of hydrogen-bond acceptors (Lipinski definition) is 6. The zero-order valence-corrected chi connectivity index (χ0v) is 13.9. The Morgan fingerprint density at radius 1 is 1.52 bits per heavy atom. The fraction of sp³-hybridized carbons (Fsp3) is 0.214. The van der Waals surface area contributed by atoms with Crippen LogP contribution in [0.25, 0.3) is 0 Å². The molecule has 0 aliphatic rings. The molecule has 0 unspecified atom stereocenters. The molecule has 0 bridgehead atoms. The molecule has 2 rings (SSSR count). The summed E-state index contributed by atoms with van der Waals surface area (Å²) in [6, 6.07) is 4.34. The number of nitro groups is 1. The number of benzene rings is 1. The molecule has 0 aliphatic heterocycles. The first kappa shape index (κ1) is 17.0. The second-order valence-corrected chi connectivity index (χ2v) is 6.06. The number of hydrogen-bond donors (Lipinski definition) is 1. The van der Waals surface area contributed by atoms with Crippen LogP contribution in [0.5, 0.6) is 0 Å². The number of carbonyl (C=O) groups is 1. The molecular formula is C14H13ClN4O3S. The van der Waals surface area contributed by atoms with E-state index in [1.54, 1.807) is 13.0 Å². The number of nitrogens with one attached hydrogen (secondary N) is 1. The third kappa shape index (κ3) is 4.57. The molecule has 1 heterocycles. The number of hydrazone groups is 1. The minimum Gasteiger partial charge on any atom is -0.273 e. The van der Waals surface area contributed by atoms with Gasteiger partial charge in [-0.3, -0.25) is 14.9 Å². The number of carbonyl (C=O) groups excluding carboxylic acids is 1. The van der Waals surface area contributed by atoms with E-state index in [0.717, 1.165) is 5.69 Å². The van der Waals surface area contributed by atoms with Gasteiger partial charge in [0.15, 0.2) is 0 Å². The quantitative estimate of drug-likeness (QED) is 0.508. The van der Waals surface area contributed by atoms with E-state index in [1.165, 1.54) is 23.5 Å². The fourth-order valence-corrected chi connectivity index (χ4v) is 2.71. The highest BCUT2D eigenvalue weighted by molar-refractivity contribution is 7.09. The average molecular weight is 353 g/mol. The SMILES string of the molecule is C/C(=N/NC(=O)Cc1nc(C)cs1)c1ccc(Cl)c([N+](=O)[O-])c1. The number of aromatic nitrogens is 1. The summed E-state index contributed by atoms with van der Waals surface area (Å²) in [5.41, 5.74) is 4.02. The highest BCUT2D eigenvalue weighted by Crippen LogP contribution is 2.25. The maximum Gasteiger partial charge on any atom is 0.288 e. The van der Waals surface area contributed by atoms with E-state index in [2.05, 4.69) is 15.5 Å². The number of halogens is 1. The number of nitrogens with zero attached hydrogens (tertiary/aromatic N) is 3. The molecule has 1 aromatic heterocycles. The Hall–Kier alpha value is -2.32. The molecule has 1 amide bonds. The van der Waals surface area contributed by atoms with Crippen LogP contribution in [0.1, 0.15) is 23.2 Å². The second-order valence-electron chi connectivity index (χ2n) is 4.71. The minimum atomic E-state index is -0.567. The van der Waals surface area contributed by atoms with E-state index in [1.807, 2.05) is 12.3 Å². The monoisotopic (exact) mass is 352 g/mol. The van der Waals surface area contributed by atoms with Gasteiger partial charge in [0.05, 0.1) is 17.1 Å². The van der Waals surface area contributed by atoms with E-state index in [0.29, 0.717) is 16.3 Å². The summed E-state index contributed by atoms with van der Waals surface area (Å²) in [5, 5.41) is 17.4. The summed E-state index contributed by atoms with van der Waals surface area (Å²) in [5.74, 6) is -0.304. The summed E-state index contributed by atoms with van der Waals surface area (Å²) in [4.78, 5) is 26.3. The highest BCUT2D eigenvalue weighted by atomic mass is 35.5. The van der Waals surface area contributed by atoms with Crippen LogP contribution in [0.3, 0.4) is 0 Å². The molecule has 7 nitrogen and oxygen atoms in total. The maximum absolute atomic E-state index is 11.8. The summed E-state index contributed by atoms with van der Waals surface area (Å²) in [7, 11) is 0. The van der Waals surface area contributed by atoms with Crippen molar-refractivity contribution < 1.29 is 9.72 Å². The van der Waals surface area contributed by atoms with Gasteiger partial charge in [-0.1, -0.05) is 17.7 Å². The Kier molecular flexibility index (Phi) is 5.41. The standard InChI is InChI=1S/C14H13ClN4O3S/c1-8-7-23-14(16-8)6-13(20)18-17-9(2)10-3-4-11(15)12(5-10)19(21)22/h3-5,7H,6H2,1-2H3,(H,18,20)/b17-9-. The first-order valence-electron chi connectivity index (χ1n) is 6.55. The Morgan fingerprint density at radius 2 is 2.26 bits per heavy atom. The van der Waals surface area contributed by atoms with Gasteiger partial charge in [-0.05, 0) is 19.9 Å². The smallest absolute Gasteiger partial charge is 0.273 e. The van der Waals surface area contributed by atoms with Gasteiger partial charge in [-0.25, -0.2) is 10.4 Å². The fourth-order valence-electron chi connectivity index (χ4n) is 1.75. The summed E-state index contributed by atoms with van der Waals surface area (Å²) in [6.07, 6.45) is 0.135. The molecule has 9 heteroatoms. The Labute approximate surface area is 141 Å². The molecule has 0 aliphatic carbocycles. The minimum absolute atomic E-state index is 0.0507. The lowest BCUT2D eigenvalue weighted by atomic mass is 10.1. The van der Waals surface area contributed by atoms with Crippen LogP contribution >= 0.6 is 22.9 Å². The van der Waals surface area contributed by atoms with Crippen LogP contribution in [-0.2, 0) is 11.2 Å². The maximum atomic E-state index is 11.8. The molecule has 0 saturated heterocycles. The number of nitro benzene ring substituents is 1. The lowest BCUT2D eigenvalue weighted by Gasteiger charge is -2.03. The highest BCUT2D eigenvalue weighted by Gasteiger charge is 2.14. The van der Waals surface area contributed by atoms with Crippen molar-refractivity contribution in [1.82, 2.24) is 10.4 Å². The van der Waals surface area contributed by atoms with Gasteiger partial charge in [-0.15, -0.1) is 11.3 Å². The molecule has 0 atom stereocenters. The van der Waals surface area contributed by atoms with Crippen LogP contribution in [0.2, 0.25) is 5.02 Å². The Bertz CT molecular complexity index is 788. The molecule has 0 radical (unpaired) electrons. The average Bonchev–Trinajstić information content (AvgIpc) is 2.90. The van der Waals surface area contributed by atoms with Crippen molar-refractivity contribution in [2.45, 2.75) is 20.3 Å². The topological polar surface area (TPSA) is 97.5 Å². The lowest BCUT2D eigenvalue weighted by Crippen LogP contribution is -2.21. The van der Waals surface area contributed by atoms with Gasteiger partial charge in [0.1, 0.15) is 10.0 Å². The van der Waals surface area contributed by atoms with Crippen LogP contribution in [0.15, 0.2) is 28.7 Å². The molecule has 0 spiro atoms. The largest absolute Gasteiger partial charge is 0.288 e. The number of rotatable bonds is 5. The van der Waals surface area contributed by atoms with Crippen LogP contribution in [0.4, 0.5) is 5.69 Å². The first-order valence-corrected chi connectivity index (χ1v) is 7.81. The molecule has 2 aromatic rings. The molecule has 120 valence electrons. The van der Waals surface area contributed by atoms with Crippen molar-refractivity contribution in [3.05, 3.63) is 55.0 Å². The molecule has 0 saturated carbocycles. The summed E-state index contributed by atoms with van der Waals surface area (Å²) < 4.78 is 0. The van der Waals surface area contributed by atoms with Crippen molar-refractivity contribution in [3.8, 4) is 0 Å². The molecule has 1 N–H and O–H groups in total. The predicted molar refractivity (Wildman–Crippen MR) is 89.0 cm³/mol. The number of amides is 1. The van der Waals surface area contributed by atoms with Crippen molar-refractivity contribution in [2.75, 3.05) is 0 Å². The van der Waals surface area contributed by atoms with Gasteiger partial charge < -0.3 is 0 Å². The molecule has 1 aromatic carbocycles. The summed E-state index contributed by atoms with van der Waals surface area (Å²) >= 11 is 7.16. The zero-order valence-electron chi connectivity index (χ0n) is 12.4. The normalized spacial score (nSPS) is 11.3. The van der Waals surface area contributed by atoms with Gasteiger partial charge in [0.2, 0.25) is 5.91 Å². The van der Waals surface area contributed by atoms with E-state index < -0.39 is 4.92 Å². The van der Waals surface area contributed by atoms with Crippen molar-refractivity contribution in [1.29, 1.82) is 0 Å². The predicted octanol–water partition coefficient (Wildman–Crippen LogP) is 3.10. The molecule has 23 heavy (non-hydrogen) atoms. The van der Waals surface area contributed by atoms with Gasteiger partial charge in [-0.2, -0.15) is 5.10 Å². The first-order chi connectivity index (χ1) is 10.9. The van der Waals surface area contributed by atoms with Gasteiger partial charge in [0, 0.05) is 22.7 Å². The third-order valence-corrected chi connectivity index (χ3v) is 4.17. The summed E-state index contributed by atoms with van der Waals surface area (Å²) in [6.45, 7) is 3.49. The van der Waals surface area contributed by atoms with E-state index in [4.69, 9.17) is 11.6 Å². The van der Waals surface area contributed by atoms with Crippen LogP contribution in [0, 0.1) is 17.0 Å². The Balaban J connectivity index is 2.06. The third-order valence-electron chi connectivity index (χ3n) is 2.89. The van der Waals surface area contributed by atoms with Crippen molar-refractivity contribution in [2.24, 2.45) is 5.10 Å².